The number of fused-ring (bicyclic) bond motifs is 1. The first-order valence-electron chi connectivity index (χ1n) is 6.65. The van der Waals surface area contributed by atoms with Crippen LogP contribution < -0.4 is 10.2 Å². The molecule has 0 atom stereocenters. The van der Waals surface area contributed by atoms with Crippen molar-refractivity contribution in [2.75, 3.05) is 18.0 Å². The van der Waals surface area contributed by atoms with Crippen LogP contribution in [0.25, 0.3) is 5.65 Å². The first kappa shape index (κ1) is 10.8. The van der Waals surface area contributed by atoms with Gasteiger partial charge in [0, 0.05) is 31.3 Å². The van der Waals surface area contributed by atoms with E-state index in [9.17, 15) is 4.79 Å². The number of nitrogens with zero attached hydrogens (tertiary/aromatic N) is 4. The van der Waals surface area contributed by atoms with Gasteiger partial charge in [0.2, 0.25) is 5.91 Å². The van der Waals surface area contributed by atoms with Gasteiger partial charge >= 0.3 is 0 Å². The molecular formula is C13H15N5O. The van der Waals surface area contributed by atoms with Gasteiger partial charge in [-0.25, -0.2) is 4.98 Å². The smallest absolute Gasteiger partial charge is 0.223 e. The lowest BCUT2D eigenvalue weighted by atomic mass is 10.1. The molecule has 0 radical (unpaired) electrons. The summed E-state index contributed by atoms with van der Waals surface area (Å²) >= 11 is 0. The van der Waals surface area contributed by atoms with Crippen molar-refractivity contribution in [3.8, 4) is 0 Å². The number of carbonyl (C=O) groups is 1. The molecule has 2 aliphatic rings. The zero-order valence-electron chi connectivity index (χ0n) is 10.5. The zero-order chi connectivity index (χ0) is 12.8. The number of rotatable bonds is 3. The summed E-state index contributed by atoms with van der Waals surface area (Å²) in [6.07, 6.45) is 5.65. The van der Waals surface area contributed by atoms with E-state index in [2.05, 4.69) is 20.3 Å². The molecule has 1 N–H and O–H groups in total. The van der Waals surface area contributed by atoms with E-state index in [1.807, 2.05) is 16.6 Å². The zero-order valence-corrected chi connectivity index (χ0v) is 10.5. The summed E-state index contributed by atoms with van der Waals surface area (Å²) in [5.41, 5.74) is 0.850. The monoisotopic (exact) mass is 257 g/mol. The molecule has 0 spiro atoms. The highest BCUT2D eigenvalue weighted by molar-refractivity contribution is 5.81. The minimum Gasteiger partial charge on any atom is -0.352 e. The standard InChI is InChI=1S/C13H15N5O/c19-13(9-1-2-9)16-10-7-17(8-10)12-4-5-14-11-3-6-15-18(11)12/h3-6,9-10H,1-2,7-8H2,(H,16,19). The minimum absolute atomic E-state index is 0.226. The molecule has 1 aliphatic heterocycles. The van der Waals surface area contributed by atoms with E-state index in [1.54, 1.807) is 12.4 Å². The number of hydrogen-bond acceptors (Lipinski definition) is 4. The Morgan fingerprint density at radius 3 is 2.89 bits per heavy atom. The molecule has 19 heavy (non-hydrogen) atoms. The number of anilines is 1. The molecule has 2 fully saturated rings. The van der Waals surface area contributed by atoms with Crippen molar-refractivity contribution >= 4 is 17.4 Å². The van der Waals surface area contributed by atoms with Crippen LogP contribution in [0.1, 0.15) is 12.8 Å². The van der Waals surface area contributed by atoms with Gasteiger partial charge in [-0.05, 0) is 18.9 Å². The number of nitrogens with one attached hydrogen (secondary N) is 1. The highest BCUT2D eigenvalue weighted by Gasteiger charge is 2.35. The molecule has 1 amide bonds. The van der Waals surface area contributed by atoms with E-state index >= 15 is 0 Å². The molecule has 2 aromatic rings. The third-order valence-electron chi connectivity index (χ3n) is 3.77. The van der Waals surface area contributed by atoms with Crippen molar-refractivity contribution in [2.24, 2.45) is 5.92 Å². The van der Waals surface area contributed by atoms with Crippen molar-refractivity contribution < 1.29 is 4.79 Å². The molecule has 1 aliphatic carbocycles. The van der Waals surface area contributed by atoms with Gasteiger partial charge in [0.1, 0.15) is 5.82 Å². The van der Waals surface area contributed by atoms with Gasteiger partial charge in [0.15, 0.2) is 5.65 Å². The fourth-order valence-electron chi connectivity index (χ4n) is 2.48. The van der Waals surface area contributed by atoms with Crippen LogP contribution in [-0.4, -0.2) is 39.6 Å². The summed E-state index contributed by atoms with van der Waals surface area (Å²) in [6.45, 7) is 1.69. The van der Waals surface area contributed by atoms with Gasteiger partial charge in [-0.15, -0.1) is 0 Å². The van der Waals surface area contributed by atoms with Crippen molar-refractivity contribution in [1.82, 2.24) is 19.9 Å². The van der Waals surface area contributed by atoms with Gasteiger partial charge in [0.05, 0.1) is 12.2 Å². The molecule has 0 unspecified atom stereocenters. The van der Waals surface area contributed by atoms with Crippen molar-refractivity contribution in [1.29, 1.82) is 0 Å². The van der Waals surface area contributed by atoms with Crippen LogP contribution in [0, 0.1) is 5.92 Å². The Bertz CT molecular complexity index is 627. The summed E-state index contributed by atoms with van der Waals surface area (Å²) in [6, 6.07) is 4.11. The SMILES string of the molecule is O=C(NC1CN(c2ccnc3ccnn23)C1)C1CC1. The third-order valence-corrected chi connectivity index (χ3v) is 3.77. The van der Waals surface area contributed by atoms with E-state index in [0.29, 0.717) is 0 Å². The lowest BCUT2D eigenvalue weighted by Gasteiger charge is -2.40. The van der Waals surface area contributed by atoms with Crippen LogP contribution >= 0.6 is 0 Å². The molecule has 98 valence electrons. The largest absolute Gasteiger partial charge is 0.352 e. The average Bonchev–Trinajstić information content (AvgIpc) is 3.11. The summed E-state index contributed by atoms with van der Waals surface area (Å²) < 4.78 is 1.83. The topological polar surface area (TPSA) is 62.5 Å². The number of aromatic nitrogens is 3. The predicted molar refractivity (Wildman–Crippen MR) is 69.9 cm³/mol. The minimum atomic E-state index is 0.226. The van der Waals surface area contributed by atoms with Gasteiger partial charge in [-0.3, -0.25) is 4.79 Å². The van der Waals surface area contributed by atoms with Crippen LogP contribution in [0.15, 0.2) is 24.5 Å². The first-order chi connectivity index (χ1) is 9.31. The summed E-state index contributed by atoms with van der Waals surface area (Å²) in [5, 5.41) is 7.36. The highest BCUT2D eigenvalue weighted by atomic mass is 16.2. The molecule has 4 rings (SSSR count). The second-order valence-corrected chi connectivity index (χ2v) is 5.29. The molecule has 1 saturated carbocycles. The number of amides is 1. The highest BCUT2D eigenvalue weighted by Crippen LogP contribution is 2.29. The Labute approximate surface area is 110 Å². The van der Waals surface area contributed by atoms with Gasteiger partial charge in [0.25, 0.3) is 0 Å². The van der Waals surface area contributed by atoms with Crippen molar-refractivity contribution in [2.45, 2.75) is 18.9 Å². The van der Waals surface area contributed by atoms with E-state index in [4.69, 9.17) is 0 Å². The lowest BCUT2D eigenvalue weighted by molar-refractivity contribution is -0.123. The van der Waals surface area contributed by atoms with Gasteiger partial charge in [-0.1, -0.05) is 0 Å². The van der Waals surface area contributed by atoms with Crippen LogP contribution in [-0.2, 0) is 4.79 Å². The Kier molecular flexibility index (Phi) is 2.24. The van der Waals surface area contributed by atoms with Gasteiger partial charge < -0.3 is 10.2 Å². The molecule has 6 nitrogen and oxygen atoms in total. The van der Waals surface area contributed by atoms with Gasteiger partial charge in [-0.2, -0.15) is 9.61 Å². The average molecular weight is 257 g/mol. The molecule has 3 heterocycles. The van der Waals surface area contributed by atoms with E-state index in [1.165, 1.54) is 0 Å². The van der Waals surface area contributed by atoms with E-state index in [-0.39, 0.29) is 17.9 Å². The van der Waals surface area contributed by atoms with E-state index in [0.717, 1.165) is 37.4 Å². The quantitative estimate of drug-likeness (QED) is 0.867. The molecule has 1 saturated heterocycles. The predicted octanol–water partition coefficient (Wildman–Crippen LogP) is 0.444. The fourth-order valence-corrected chi connectivity index (χ4v) is 2.48. The fraction of sp³-hybridized carbons (Fsp3) is 0.462. The van der Waals surface area contributed by atoms with E-state index < -0.39 is 0 Å². The van der Waals surface area contributed by atoms with Crippen molar-refractivity contribution in [3.05, 3.63) is 24.5 Å². The second-order valence-electron chi connectivity index (χ2n) is 5.29. The Balaban J connectivity index is 1.45. The molecule has 6 heteroatoms. The Morgan fingerprint density at radius 2 is 2.11 bits per heavy atom. The third kappa shape index (κ3) is 1.83. The maximum Gasteiger partial charge on any atom is 0.223 e. The van der Waals surface area contributed by atoms with Crippen LogP contribution in [0.2, 0.25) is 0 Å². The Hall–Kier alpha value is -2.11. The van der Waals surface area contributed by atoms with Crippen LogP contribution in [0.4, 0.5) is 5.82 Å². The molecule has 2 aromatic heterocycles. The number of carbonyl (C=O) groups excluding carboxylic acids is 1. The van der Waals surface area contributed by atoms with Crippen molar-refractivity contribution in [3.63, 3.8) is 0 Å². The maximum absolute atomic E-state index is 11.7. The molecule has 0 aromatic carbocycles. The normalized spacial score (nSPS) is 19.5. The summed E-state index contributed by atoms with van der Waals surface area (Å²) in [5.74, 6) is 1.54. The summed E-state index contributed by atoms with van der Waals surface area (Å²) in [7, 11) is 0. The second kappa shape index (κ2) is 3.94. The van der Waals surface area contributed by atoms with Crippen LogP contribution in [0.3, 0.4) is 0 Å². The Morgan fingerprint density at radius 1 is 1.26 bits per heavy atom. The van der Waals surface area contributed by atoms with Crippen LogP contribution in [0.5, 0.6) is 0 Å². The number of hydrogen-bond donors (Lipinski definition) is 1. The maximum atomic E-state index is 11.7. The molecular weight excluding hydrogens is 242 g/mol. The lowest BCUT2D eigenvalue weighted by Crippen LogP contribution is -2.60. The summed E-state index contributed by atoms with van der Waals surface area (Å²) in [4.78, 5) is 18.1. The first-order valence-corrected chi connectivity index (χ1v) is 6.65. The molecule has 0 bridgehead atoms.